The van der Waals surface area contributed by atoms with Gasteiger partial charge in [0.1, 0.15) is 18.4 Å². The third-order valence-corrected chi connectivity index (χ3v) is 5.49. The molecule has 0 aliphatic heterocycles. The average molecular weight is 476 g/mol. The monoisotopic (exact) mass is 476 g/mol. The lowest BCUT2D eigenvalue weighted by Gasteiger charge is -2.16. The smallest absolute Gasteiger partial charge is 0.493 e. The maximum atomic E-state index is 13.0. The van der Waals surface area contributed by atoms with E-state index in [0.717, 1.165) is 25.0 Å². The quantitative estimate of drug-likeness (QED) is 0.493. The lowest BCUT2D eigenvalue weighted by Crippen LogP contribution is -2.18. The zero-order valence-corrected chi connectivity index (χ0v) is 18.3. The third kappa shape index (κ3) is 5.77. The van der Waals surface area contributed by atoms with Crippen LogP contribution in [0.2, 0.25) is 0 Å². The highest BCUT2D eigenvalue weighted by molar-refractivity contribution is 6.05. The molecule has 1 aromatic heterocycles. The Bertz CT molecular complexity index is 1130. The molecule has 180 valence electrons. The normalized spacial score (nSPS) is 14.1. The van der Waals surface area contributed by atoms with Crippen molar-refractivity contribution >= 4 is 11.6 Å². The Morgan fingerprint density at radius 1 is 1.15 bits per heavy atom. The topological polar surface area (TPSA) is 87.5 Å². The summed E-state index contributed by atoms with van der Waals surface area (Å²) >= 11 is 0. The Hall–Kier alpha value is -3.76. The number of amides is 1. The molecule has 34 heavy (non-hydrogen) atoms. The summed E-state index contributed by atoms with van der Waals surface area (Å²) in [5.74, 6) is 0.367. The molecule has 1 saturated carbocycles. The number of nitrogens with zero attached hydrogens (tertiary/aromatic N) is 3. The van der Waals surface area contributed by atoms with E-state index < -0.39 is 18.0 Å². The minimum Gasteiger partial charge on any atom is -0.493 e. The molecule has 1 fully saturated rings. The highest BCUT2D eigenvalue weighted by Gasteiger charge is 2.31. The molecule has 0 radical (unpaired) electrons. The van der Waals surface area contributed by atoms with Crippen LogP contribution >= 0.6 is 0 Å². The summed E-state index contributed by atoms with van der Waals surface area (Å²) in [6.45, 7) is 0.579. The number of hydrogen-bond donors (Lipinski definition) is 1. The van der Waals surface area contributed by atoms with Gasteiger partial charge in [-0.3, -0.25) is 4.79 Å². The van der Waals surface area contributed by atoms with Crippen LogP contribution in [0.3, 0.4) is 0 Å². The van der Waals surface area contributed by atoms with E-state index in [-0.39, 0.29) is 11.3 Å². The van der Waals surface area contributed by atoms with Gasteiger partial charge in [-0.05, 0) is 49.1 Å². The van der Waals surface area contributed by atoms with Crippen molar-refractivity contribution in [2.45, 2.75) is 32.0 Å². The maximum Gasteiger partial charge on any atom is 0.573 e. The highest BCUT2D eigenvalue weighted by atomic mass is 19.4. The first kappa shape index (κ1) is 23.4. The van der Waals surface area contributed by atoms with E-state index in [1.807, 2.05) is 0 Å². The summed E-state index contributed by atoms with van der Waals surface area (Å²) in [6.07, 6.45) is 2.42. The number of aromatic nitrogens is 3. The number of ether oxygens (including phenoxy) is 3. The molecule has 3 aromatic rings. The molecule has 1 aliphatic rings. The summed E-state index contributed by atoms with van der Waals surface area (Å²) in [5.41, 5.74) is 0.596. The van der Waals surface area contributed by atoms with E-state index in [1.165, 1.54) is 49.4 Å². The van der Waals surface area contributed by atoms with Crippen molar-refractivity contribution in [1.82, 2.24) is 14.8 Å². The molecule has 1 aliphatic carbocycles. The molecule has 8 nitrogen and oxygen atoms in total. The molecule has 1 amide bonds. The number of halogens is 3. The molecular weight excluding hydrogens is 453 g/mol. The van der Waals surface area contributed by atoms with E-state index >= 15 is 0 Å². The number of nitrogens with one attached hydrogen (secondary N) is 1. The Labute approximate surface area is 193 Å². The van der Waals surface area contributed by atoms with Crippen molar-refractivity contribution in [1.29, 1.82) is 0 Å². The van der Waals surface area contributed by atoms with Crippen molar-refractivity contribution in [2.75, 3.05) is 19.0 Å². The summed E-state index contributed by atoms with van der Waals surface area (Å²) in [4.78, 5) is 16.8. The lowest BCUT2D eigenvalue weighted by atomic mass is 10.1. The summed E-state index contributed by atoms with van der Waals surface area (Å²) < 4.78 is 54.7. The number of methoxy groups -OCH3 is 1. The van der Waals surface area contributed by atoms with E-state index in [2.05, 4.69) is 20.1 Å². The van der Waals surface area contributed by atoms with Crippen molar-refractivity contribution in [3.63, 3.8) is 0 Å². The van der Waals surface area contributed by atoms with Crippen LogP contribution in [0.1, 0.15) is 36.0 Å². The van der Waals surface area contributed by atoms with Gasteiger partial charge in [0.2, 0.25) is 0 Å². The van der Waals surface area contributed by atoms with Gasteiger partial charge in [0, 0.05) is 11.6 Å². The van der Waals surface area contributed by atoms with Crippen LogP contribution in [0.4, 0.5) is 18.9 Å². The van der Waals surface area contributed by atoms with Gasteiger partial charge in [0.05, 0.1) is 25.1 Å². The molecule has 11 heteroatoms. The maximum absolute atomic E-state index is 13.0. The van der Waals surface area contributed by atoms with Crippen LogP contribution in [-0.4, -0.2) is 40.8 Å². The molecule has 2 aromatic carbocycles. The predicted octanol–water partition coefficient (Wildman–Crippen LogP) is 5.00. The number of hydrogen-bond acceptors (Lipinski definition) is 6. The van der Waals surface area contributed by atoms with Crippen LogP contribution in [0.15, 0.2) is 49.1 Å². The SMILES string of the molecule is COc1cc(C(=O)Nc2cc(OC(F)(F)F)ccc2-n2cncn2)ccc1OCC1CCCC1. The molecule has 1 heterocycles. The predicted molar refractivity (Wildman–Crippen MR) is 116 cm³/mol. The lowest BCUT2D eigenvalue weighted by molar-refractivity contribution is -0.274. The zero-order valence-electron chi connectivity index (χ0n) is 18.3. The highest BCUT2D eigenvalue weighted by Crippen LogP contribution is 2.33. The Kier molecular flexibility index (Phi) is 6.90. The van der Waals surface area contributed by atoms with E-state index in [4.69, 9.17) is 9.47 Å². The number of anilines is 1. The second-order valence-electron chi connectivity index (χ2n) is 7.85. The molecular formula is C23H23F3N4O4. The van der Waals surface area contributed by atoms with Crippen LogP contribution in [0, 0.1) is 5.92 Å². The number of benzene rings is 2. The van der Waals surface area contributed by atoms with Gasteiger partial charge in [-0.2, -0.15) is 5.10 Å². The number of carbonyl (C=O) groups excluding carboxylic acids is 1. The van der Waals surface area contributed by atoms with Crippen LogP contribution in [0.5, 0.6) is 17.2 Å². The van der Waals surface area contributed by atoms with E-state index in [0.29, 0.717) is 29.7 Å². The van der Waals surface area contributed by atoms with Crippen molar-refractivity contribution < 1.29 is 32.2 Å². The third-order valence-electron chi connectivity index (χ3n) is 5.49. The standard InChI is InChI=1S/C23H23F3N4O4/c1-32-21-10-16(6-9-20(21)33-12-15-4-2-3-5-15)22(31)29-18-11-17(34-23(24,25)26)7-8-19(18)30-14-27-13-28-30/h6-11,13-15H,2-5,12H2,1H3,(H,29,31). The van der Waals surface area contributed by atoms with Crippen molar-refractivity contribution in [2.24, 2.45) is 5.92 Å². The van der Waals surface area contributed by atoms with Crippen molar-refractivity contribution in [3.05, 3.63) is 54.6 Å². The molecule has 1 N–H and O–H groups in total. The second-order valence-corrected chi connectivity index (χ2v) is 7.85. The van der Waals surface area contributed by atoms with Gasteiger partial charge >= 0.3 is 6.36 Å². The summed E-state index contributed by atoms with van der Waals surface area (Å²) in [5, 5.41) is 6.60. The fourth-order valence-corrected chi connectivity index (χ4v) is 3.85. The van der Waals surface area contributed by atoms with Crippen LogP contribution < -0.4 is 19.5 Å². The molecule has 0 spiro atoms. The Morgan fingerprint density at radius 3 is 2.62 bits per heavy atom. The fraction of sp³-hybridized carbons (Fsp3) is 0.348. The first-order valence-electron chi connectivity index (χ1n) is 10.7. The number of rotatable bonds is 8. The number of alkyl halides is 3. The van der Waals surface area contributed by atoms with E-state index in [1.54, 1.807) is 12.1 Å². The van der Waals surface area contributed by atoms with Gasteiger partial charge in [0.15, 0.2) is 11.5 Å². The van der Waals surface area contributed by atoms with Gasteiger partial charge < -0.3 is 19.5 Å². The fourth-order valence-electron chi connectivity index (χ4n) is 3.85. The average Bonchev–Trinajstić information content (AvgIpc) is 3.51. The molecule has 0 bridgehead atoms. The molecule has 0 atom stereocenters. The van der Waals surface area contributed by atoms with Gasteiger partial charge in [-0.1, -0.05) is 12.8 Å². The Balaban J connectivity index is 1.55. The minimum absolute atomic E-state index is 0.0535. The van der Waals surface area contributed by atoms with Crippen LogP contribution in [-0.2, 0) is 0 Å². The minimum atomic E-state index is -4.88. The Morgan fingerprint density at radius 2 is 1.94 bits per heavy atom. The first-order valence-corrected chi connectivity index (χ1v) is 10.7. The van der Waals surface area contributed by atoms with E-state index in [9.17, 15) is 18.0 Å². The van der Waals surface area contributed by atoms with Crippen molar-refractivity contribution in [3.8, 4) is 22.9 Å². The second kappa shape index (κ2) is 10.0. The van der Waals surface area contributed by atoms with Crippen LogP contribution in [0.25, 0.3) is 5.69 Å². The summed E-state index contributed by atoms with van der Waals surface area (Å²) in [7, 11) is 1.47. The first-order chi connectivity index (χ1) is 16.3. The van der Waals surface area contributed by atoms with Gasteiger partial charge in [0.25, 0.3) is 5.91 Å². The summed E-state index contributed by atoms with van der Waals surface area (Å²) in [6, 6.07) is 8.26. The van der Waals surface area contributed by atoms with Gasteiger partial charge in [-0.15, -0.1) is 13.2 Å². The largest absolute Gasteiger partial charge is 0.573 e. The molecule has 0 saturated heterocycles. The molecule has 0 unspecified atom stereocenters. The number of carbonyl (C=O) groups is 1. The zero-order chi connectivity index (χ0) is 24.1. The molecule has 4 rings (SSSR count). The van der Waals surface area contributed by atoms with Gasteiger partial charge in [-0.25, -0.2) is 9.67 Å².